The minimum atomic E-state index is -4.35. The molecule has 1 aliphatic heterocycles. The molecule has 1 unspecified atom stereocenters. The van der Waals surface area contributed by atoms with E-state index in [0.29, 0.717) is 43.2 Å². The highest BCUT2D eigenvalue weighted by atomic mass is 19.4. The number of phenolic OH excluding ortho intramolecular Hbond substituents is 1. The number of rotatable bonds is 5. The van der Waals surface area contributed by atoms with Crippen LogP contribution in [0.25, 0.3) is 0 Å². The lowest BCUT2D eigenvalue weighted by Gasteiger charge is -2.27. The van der Waals surface area contributed by atoms with Gasteiger partial charge in [0.25, 0.3) is 0 Å². The van der Waals surface area contributed by atoms with Crippen molar-refractivity contribution in [2.24, 2.45) is 11.8 Å². The monoisotopic (exact) mass is 421 g/mol. The van der Waals surface area contributed by atoms with Crippen molar-refractivity contribution in [1.29, 1.82) is 0 Å². The Morgan fingerprint density at radius 2 is 1.53 bits per heavy atom. The van der Waals surface area contributed by atoms with Crippen LogP contribution in [-0.2, 0) is 12.6 Å². The Morgan fingerprint density at radius 1 is 0.967 bits per heavy atom. The van der Waals surface area contributed by atoms with Gasteiger partial charge in [-0.25, -0.2) is 0 Å². The number of halogens is 3. The van der Waals surface area contributed by atoms with Gasteiger partial charge < -0.3 is 15.3 Å². The van der Waals surface area contributed by atoms with E-state index < -0.39 is 23.4 Å². The minimum absolute atomic E-state index is 0.161. The number of hydrogen-bond donors (Lipinski definition) is 3. The van der Waals surface area contributed by atoms with E-state index in [4.69, 9.17) is 0 Å². The zero-order valence-electron chi connectivity index (χ0n) is 16.5. The first-order valence-electron chi connectivity index (χ1n) is 10.2. The van der Waals surface area contributed by atoms with E-state index in [0.717, 1.165) is 30.8 Å². The summed E-state index contributed by atoms with van der Waals surface area (Å²) < 4.78 is 38.2. The van der Waals surface area contributed by atoms with Gasteiger partial charge in [-0.15, -0.1) is 0 Å². The molecule has 1 saturated carbocycles. The fraction of sp³-hybridized carbons (Fsp3) is 0.478. The fourth-order valence-electron chi connectivity index (χ4n) is 5.09. The predicted octanol–water partition coefficient (Wildman–Crippen LogP) is 3.76. The smallest absolute Gasteiger partial charge is 0.416 e. The number of aromatic hydroxyl groups is 1. The second-order valence-electron chi connectivity index (χ2n) is 8.85. The average molecular weight is 421 g/mol. The molecular weight excluding hydrogens is 395 g/mol. The molecule has 0 bridgehead atoms. The highest BCUT2D eigenvalue weighted by molar-refractivity contribution is 5.28. The van der Waals surface area contributed by atoms with Crippen LogP contribution in [0.15, 0.2) is 48.5 Å². The molecule has 4 rings (SSSR count). The fourth-order valence-corrected chi connectivity index (χ4v) is 5.09. The predicted molar refractivity (Wildman–Crippen MR) is 106 cm³/mol. The molecule has 4 nitrogen and oxygen atoms in total. The zero-order chi connectivity index (χ0) is 21.5. The van der Waals surface area contributed by atoms with Crippen molar-refractivity contribution in [3.05, 3.63) is 65.2 Å². The molecule has 0 aromatic heterocycles. The number of aliphatic hydroxyl groups is 2. The lowest BCUT2D eigenvalue weighted by Crippen LogP contribution is -2.33. The molecule has 2 aromatic carbocycles. The second kappa shape index (κ2) is 7.87. The zero-order valence-corrected chi connectivity index (χ0v) is 16.5. The summed E-state index contributed by atoms with van der Waals surface area (Å²) >= 11 is 0. The number of aliphatic hydroxyl groups excluding tert-OH is 1. The maximum absolute atomic E-state index is 12.7. The van der Waals surface area contributed by atoms with Crippen LogP contribution < -0.4 is 0 Å². The first-order valence-corrected chi connectivity index (χ1v) is 10.2. The summed E-state index contributed by atoms with van der Waals surface area (Å²) in [6.07, 6.45) is -3.41. The number of phenols is 1. The van der Waals surface area contributed by atoms with E-state index in [9.17, 15) is 28.5 Å². The number of hydrogen-bond acceptors (Lipinski definition) is 4. The van der Waals surface area contributed by atoms with Crippen LogP contribution in [0.3, 0.4) is 0 Å². The van der Waals surface area contributed by atoms with E-state index in [1.54, 1.807) is 24.3 Å². The molecule has 1 heterocycles. The lowest BCUT2D eigenvalue weighted by atomic mass is 9.91. The number of alkyl halides is 3. The largest absolute Gasteiger partial charge is 0.508 e. The van der Waals surface area contributed by atoms with E-state index in [1.807, 2.05) is 0 Å². The lowest BCUT2D eigenvalue weighted by molar-refractivity contribution is -0.137. The minimum Gasteiger partial charge on any atom is -0.508 e. The van der Waals surface area contributed by atoms with E-state index in [1.165, 1.54) is 12.1 Å². The third-order valence-electron chi connectivity index (χ3n) is 6.46. The Bertz CT molecular complexity index is 853. The summed E-state index contributed by atoms with van der Waals surface area (Å²) in [6, 6.07) is 11.6. The third-order valence-corrected chi connectivity index (χ3v) is 6.46. The van der Waals surface area contributed by atoms with Gasteiger partial charge in [0.15, 0.2) is 0 Å². The number of benzene rings is 2. The molecule has 4 atom stereocenters. The van der Waals surface area contributed by atoms with Gasteiger partial charge in [0.2, 0.25) is 0 Å². The van der Waals surface area contributed by atoms with Gasteiger partial charge in [-0.2, -0.15) is 13.2 Å². The summed E-state index contributed by atoms with van der Waals surface area (Å²) in [5.41, 5.74) is -0.102. The number of likely N-dealkylation sites (tertiary alicyclic amines) is 1. The summed E-state index contributed by atoms with van der Waals surface area (Å²) in [4.78, 5) is 2.20. The average Bonchev–Trinajstić information content (AvgIpc) is 3.15. The van der Waals surface area contributed by atoms with Crippen LogP contribution in [0.4, 0.5) is 13.2 Å². The summed E-state index contributed by atoms with van der Waals surface area (Å²) in [5.74, 6) is 0.793. The molecule has 2 fully saturated rings. The van der Waals surface area contributed by atoms with Crippen molar-refractivity contribution in [2.45, 2.75) is 37.1 Å². The Labute approximate surface area is 173 Å². The molecule has 0 spiro atoms. The standard InChI is InChI=1S/C23H26F3NO3/c24-23(25,26)19-5-1-15(2-6-19)9-22(30)10-17-12-27(13-18(17)11-22)14-21(29)16-3-7-20(28)8-4-16/h1-8,17-18,21,28-30H,9-14H2/t17-,18+,21?,22-. The van der Waals surface area contributed by atoms with Crippen LogP contribution in [0, 0.1) is 11.8 Å². The normalized spacial score (nSPS) is 27.9. The second-order valence-corrected chi connectivity index (χ2v) is 8.85. The van der Waals surface area contributed by atoms with Crippen LogP contribution in [0.1, 0.15) is 35.6 Å². The molecular formula is C23H26F3NO3. The van der Waals surface area contributed by atoms with Gasteiger partial charge in [0.1, 0.15) is 5.75 Å². The number of fused-ring (bicyclic) bond motifs is 1. The van der Waals surface area contributed by atoms with Crippen molar-refractivity contribution in [1.82, 2.24) is 4.90 Å². The van der Waals surface area contributed by atoms with Crippen LogP contribution in [0.5, 0.6) is 5.75 Å². The number of β-amino-alcohol motifs (C(OH)–C–C–N with tert-alkyl or cyclic N) is 1. The van der Waals surface area contributed by atoms with Gasteiger partial charge in [0, 0.05) is 26.1 Å². The van der Waals surface area contributed by atoms with E-state index >= 15 is 0 Å². The van der Waals surface area contributed by atoms with Gasteiger partial charge >= 0.3 is 6.18 Å². The van der Waals surface area contributed by atoms with Crippen LogP contribution >= 0.6 is 0 Å². The summed E-state index contributed by atoms with van der Waals surface area (Å²) in [6.45, 7) is 2.07. The van der Waals surface area contributed by atoms with Crippen molar-refractivity contribution in [3.8, 4) is 5.75 Å². The van der Waals surface area contributed by atoms with Crippen molar-refractivity contribution >= 4 is 0 Å². The Balaban J connectivity index is 1.32. The van der Waals surface area contributed by atoms with Gasteiger partial charge in [-0.05, 0) is 60.1 Å². The van der Waals surface area contributed by atoms with Crippen molar-refractivity contribution < 1.29 is 28.5 Å². The molecule has 30 heavy (non-hydrogen) atoms. The molecule has 162 valence electrons. The first kappa shape index (κ1) is 21.2. The van der Waals surface area contributed by atoms with Gasteiger partial charge in [-0.1, -0.05) is 24.3 Å². The molecule has 1 aliphatic carbocycles. The maximum Gasteiger partial charge on any atom is 0.416 e. The van der Waals surface area contributed by atoms with E-state index in [2.05, 4.69) is 4.90 Å². The molecule has 2 aliphatic rings. The molecule has 2 aromatic rings. The summed E-state index contributed by atoms with van der Waals surface area (Å²) in [7, 11) is 0. The molecule has 1 saturated heterocycles. The van der Waals surface area contributed by atoms with Crippen molar-refractivity contribution in [2.75, 3.05) is 19.6 Å². The molecule has 7 heteroatoms. The SMILES string of the molecule is Oc1ccc(C(O)CN2C[C@@H]3C[C@@](O)(Cc4ccc(C(F)(F)F)cc4)C[C@@H]3C2)cc1. The maximum atomic E-state index is 12.7. The molecule has 3 N–H and O–H groups in total. The van der Waals surface area contributed by atoms with Crippen LogP contribution in [-0.4, -0.2) is 45.5 Å². The van der Waals surface area contributed by atoms with Crippen molar-refractivity contribution in [3.63, 3.8) is 0 Å². The van der Waals surface area contributed by atoms with Crippen LogP contribution in [0.2, 0.25) is 0 Å². The summed E-state index contributed by atoms with van der Waals surface area (Å²) in [5, 5.41) is 30.9. The first-order chi connectivity index (χ1) is 14.1. The topological polar surface area (TPSA) is 63.9 Å². The van der Waals surface area contributed by atoms with E-state index in [-0.39, 0.29) is 5.75 Å². The Hall–Kier alpha value is -2.09. The molecule has 0 amide bonds. The highest BCUT2D eigenvalue weighted by Gasteiger charge is 2.48. The third kappa shape index (κ3) is 4.63. The quantitative estimate of drug-likeness (QED) is 0.688. The van der Waals surface area contributed by atoms with Gasteiger partial charge in [-0.3, -0.25) is 4.90 Å². The molecule has 0 radical (unpaired) electrons. The number of nitrogens with zero attached hydrogens (tertiary/aromatic N) is 1. The van der Waals surface area contributed by atoms with Gasteiger partial charge in [0.05, 0.1) is 17.3 Å². The highest BCUT2D eigenvalue weighted by Crippen LogP contribution is 2.45. The Kier molecular flexibility index (Phi) is 5.55. The Morgan fingerprint density at radius 3 is 2.07 bits per heavy atom.